The summed E-state index contributed by atoms with van der Waals surface area (Å²) in [7, 11) is 0. The van der Waals surface area contributed by atoms with E-state index in [1.165, 1.54) is 12.1 Å². The lowest BCUT2D eigenvalue weighted by Gasteiger charge is -2.24. The van der Waals surface area contributed by atoms with E-state index in [1.807, 2.05) is 0 Å². The van der Waals surface area contributed by atoms with Gasteiger partial charge in [-0.3, -0.25) is 0 Å². The largest absolute Gasteiger partial charge is 0.489 e. The summed E-state index contributed by atoms with van der Waals surface area (Å²) in [4.78, 5) is 10.7. The Morgan fingerprint density at radius 1 is 1.41 bits per heavy atom. The molecule has 0 aliphatic carbocycles. The Bertz CT molecular complexity index is 416. The maximum Gasteiger partial charge on any atom is 0.335 e. The zero-order valence-corrected chi connectivity index (χ0v) is 10.0. The predicted molar refractivity (Wildman–Crippen MR) is 64.9 cm³/mol. The lowest BCUT2D eigenvalue weighted by Crippen LogP contribution is -2.34. The first kappa shape index (κ1) is 12.2. The highest BCUT2D eigenvalue weighted by atomic mass is 35.5. The molecule has 17 heavy (non-hydrogen) atoms. The van der Waals surface area contributed by atoms with Crippen LogP contribution in [0.2, 0.25) is 5.02 Å². The molecule has 1 aromatic rings. The van der Waals surface area contributed by atoms with Crippen LogP contribution >= 0.6 is 11.6 Å². The summed E-state index contributed by atoms with van der Waals surface area (Å²) in [6.45, 7) is 1.88. The Labute approximate surface area is 105 Å². The van der Waals surface area contributed by atoms with E-state index in [9.17, 15) is 4.79 Å². The van der Waals surface area contributed by atoms with Crippen LogP contribution in [0.25, 0.3) is 0 Å². The second kappa shape index (κ2) is 5.38. The van der Waals surface area contributed by atoms with Gasteiger partial charge in [-0.05, 0) is 44.1 Å². The summed E-state index contributed by atoms with van der Waals surface area (Å²) in [5, 5.41) is 12.4. The number of carboxylic acid groups (broad SMARTS) is 1. The molecule has 2 rings (SSSR count). The van der Waals surface area contributed by atoms with Crippen LogP contribution in [0.15, 0.2) is 18.2 Å². The number of hydrogen-bond acceptors (Lipinski definition) is 3. The van der Waals surface area contributed by atoms with Gasteiger partial charge >= 0.3 is 5.97 Å². The van der Waals surface area contributed by atoms with Gasteiger partial charge in [0.05, 0.1) is 10.6 Å². The molecule has 1 aliphatic rings. The maximum absolute atomic E-state index is 10.7. The maximum atomic E-state index is 10.7. The number of aromatic carboxylic acids is 1. The Kier molecular flexibility index (Phi) is 3.86. The molecule has 4 nitrogen and oxygen atoms in total. The predicted octanol–water partition coefficient (Wildman–Crippen LogP) is 2.17. The number of hydrogen-bond donors (Lipinski definition) is 2. The van der Waals surface area contributed by atoms with Crippen LogP contribution in [0.1, 0.15) is 23.2 Å². The van der Waals surface area contributed by atoms with Crippen molar-refractivity contribution in [3.05, 3.63) is 28.8 Å². The topological polar surface area (TPSA) is 58.6 Å². The highest BCUT2D eigenvalue weighted by Crippen LogP contribution is 2.27. The standard InChI is InChI=1S/C12H14ClNO3/c13-10-7-8(12(15)16)1-2-11(10)17-9-3-5-14-6-4-9/h1-2,7,9,14H,3-6H2,(H,15,16). The monoisotopic (exact) mass is 255 g/mol. The molecule has 0 unspecified atom stereocenters. The molecule has 1 aromatic carbocycles. The molecule has 2 N–H and O–H groups in total. The van der Waals surface area contributed by atoms with Gasteiger partial charge in [0.25, 0.3) is 0 Å². The molecule has 0 spiro atoms. The van der Waals surface area contributed by atoms with Gasteiger partial charge in [-0.15, -0.1) is 0 Å². The first-order chi connectivity index (χ1) is 8.16. The molecule has 0 aromatic heterocycles. The van der Waals surface area contributed by atoms with E-state index >= 15 is 0 Å². The van der Waals surface area contributed by atoms with Crippen molar-refractivity contribution >= 4 is 17.6 Å². The lowest BCUT2D eigenvalue weighted by molar-refractivity contribution is 0.0697. The van der Waals surface area contributed by atoms with Crippen LogP contribution in [-0.4, -0.2) is 30.3 Å². The Hall–Kier alpha value is -1.26. The first-order valence-corrected chi connectivity index (χ1v) is 5.95. The van der Waals surface area contributed by atoms with Gasteiger partial charge in [0.2, 0.25) is 0 Å². The summed E-state index contributed by atoms with van der Waals surface area (Å²) in [5.41, 5.74) is 0.174. The van der Waals surface area contributed by atoms with Crippen molar-refractivity contribution in [2.45, 2.75) is 18.9 Å². The van der Waals surface area contributed by atoms with Crippen molar-refractivity contribution in [3.63, 3.8) is 0 Å². The third kappa shape index (κ3) is 3.11. The fourth-order valence-corrected chi connectivity index (χ4v) is 2.05. The Morgan fingerprint density at radius 3 is 2.71 bits per heavy atom. The van der Waals surface area contributed by atoms with E-state index in [2.05, 4.69) is 5.32 Å². The molecular weight excluding hydrogens is 242 g/mol. The highest BCUT2D eigenvalue weighted by Gasteiger charge is 2.16. The van der Waals surface area contributed by atoms with Crippen molar-refractivity contribution in [2.75, 3.05) is 13.1 Å². The number of carbonyl (C=O) groups is 1. The van der Waals surface area contributed by atoms with E-state index in [4.69, 9.17) is 21.4 Å². The normalized spacial score (nSPS) is 16.8. The van der Waals surface area contributed by atoms with Crippen LogP contribution < -0.4 is 10.1 Å². The molecule has 1 heterocycles. The molecule has 0 amide bonds. The number of carboxylic acids is 1. The molecule has 0 atom stereocenters. The molecular formula is C12H14ClNO3. The molecule has 92 valence electrons. The molecule has 1 saturated heterocycles. The van der Waals surface area contributed by atoms with Gasteiger partial charge < -0.3 is 15.2 Å². The number of nitrogens with one attached hydrogen (secondary N) is 1. The van der Waals surface area contributed by atoms with E-state index < -0.39 is 5.97 Å². The molecule has 0 saturated carbocycles. The SMILES string of the molecule is O=C(O)c1ccc(OC2CCNCC2)c(Cl)c1. The van der Waals surface area contributed by atoms with Gasteiger partial charge in [0.1, 0.15) is 11.9 Å². The van der Waals surface area contributed by atoms with Crippen molar-refractivity contribution < 1.29 is 14.6 Å². The zero-order valence-electron chi connectivity index (χ0n) is 9.28. The van der Waals surface area contributed by atoms with Crippen molar-refractivity contribution in [2.24, 2.45) is 0 Å². The van der Waals surface area contributed by atoms with E-state index in [1.54, 1.807) is 6.07 Å². The summed E-state index contributed by atoms with van der Waals surface area (Å²) >= 11 is 5.99. The quantitative estimate of drug-likeness (QED) is 0.869. The van der Waals surface area contributed by atoms with Crippen LogP contribution in [0.5, 0.6) is 5.75 Å². The lowest BCUT2D eigenvalue weighted by atomic mass is 10.1. The Balaban J connectivity index is 2.08. The fourth-order valence-electron chi connectivity index (χ4n) is 1.82. The minimum atomic E-state index is -0.986. The number of benzene rings is 1. The van der Waals surface area contributed by atoms with Crippen LogP contribution in [0.3, 0.4) is 0 Å². The summed E-state index contributed by atoms with van der Waals surface area (Å²) in [5.74, 6) is -0.427. The smallest absolute Gasteiger partial charge is 0.335 e. The van der Waals surface area contributed by atoms with Crippen LogP contribution in [0, 0.1) is 0 Å². The number of piperidine rings is 1. The van der Waals surface area contributed by atoms with Gasteiger partial charge in [0, 0.05) is 0 Å². The summed E-state index contributed by atoms with van der Waals surface area (Å²) < 4.78 is 5.76. The van der Waals surface area contributed by atoms with Gasteiger partial charge in [-0.1, -0.05) is 11.6 Å². The minimum absolute atomic E-state index is 0.157. The number of rotatable bonds is 3. The van der Waals surface area contributed by atoms with E-state index in [0.29, 0.717) is 10.8 Å². The van der Waals surface area contributed by atoms with Crippen LogP contribution in [0.4, 0.5) is 0 Å². The minimum Gasteiger partial charge on any atom is -0.489 e. The summed E-state index contributed by atoms with van der Waals surface area (Å²) in [6, 6.07) is 4.54. The van der Waals surface area contributed by atoms with Gasteiger partial charge in [-0.2, -0.15) is 0 Å². The fraction of sp³-hybridized carbons (Fsp3) is 0.417. The molecule has 5 heteroatoms. The average Bonchev–Trinajstić information content (AvgIpc) is 2.33. The first-order valence-electron chi connectivity index (χ1n) is 5.57. The molecule has 0 radical (unpaired) electrons. The average molecular weight is 256 g/mol. The molecule has 1 fully saturated rings. The Morgan fingerprint density at radius 2 is 2.12 bits per heavy atom. The third-order valence-electron chi connectivity index (χ3n) is 2.76. The molecule has 0 bridgehead atoms. The van der Waals surface area contributed by atoms with Crippen molar-refractivity contribution in [1.29, 1.82) is 0 Å². The number of ether oxygens (including phenoxy) is 1. The second-order valence-corrected chi connectivity index (χ2v) is 4.42. The van der Waals surface area contributed by atoms with E-state index in [-0.39, 0.29) is 11.7 Å². The van der Waals surface area contributed by atoms with Gasteiger partial charge in [0.15, 0.2) is 0 Å². The van der Waals surface area contributed by atoms with Crippen molar-refractivity contribution in [3.8, 4) is 5.75 Å². The highest BCUT2D eigenvalue weighted by molar-refractivity contribution is 6.32. The second-order valence-electron chi connectivity index (χ2n) is 4.02. The van der Waals surface area contributed by atoms with Gasteiger partial charge in [-0.25, -0.2) is 4.79 Å². The van der Waals surface area contributed by atoms with Crippen LogP contribution in [-0.2, 0) is 0 Å². The third-order valence-corrected chi connectivity index (χ3v) is 3.05. The molecule has 1 aliphatic heterocycles. The van der Waals surface area contributed by atoms with Crippen molar-refractivity contribution in [1.82, 2.24) is 5.32 Å². The van der Waals surface area contributed by atoms with E-state index in [0.717, 1.165) is 25.9 Å². The summed E-state index contributed by atoms with van der Waals surface area (Å²) in [6.07, 6.45) is 2.04. The number of halogens is 1. The zero-order chi connectivity index (χ0) is 12.3.